The van der Waals surface area contributed by atoms with E-state index in [-0.39, 0.29) is 25.8 Å². The van der Waals surface area contributed by atoms with E-state index in [1.54, 1.807) is 0 Å². The third kappa shape index (κ3) is 6.27. The van der Waals surface area contributed by atoms with Crippen LogP contribution in [0.15, 0.2) is 0 Å². The normalized spacial score (nSPS) is 11.7. The number of alkyl halides is 1. The number of carboxylic acids is 1. The van der Waals surface area contributed by atoms with Crippen LogP contribution >= 0.6 is 0 Å². The van der Waals surface area contributed by atoms with Crippen molar-refractivity contribution in [2.24, 2.45) is 0 Å². The summed E-state index contributed by atoms with van der Waals surface area (Å²) in [6.45, 7) is 0.975. The van der Waals surface area contributed by atoms with E-state index in [9.17, 15) is 9.18 Å². The third-order valence-corrected chi connectivity index (χ3v) is 0.340. The molecule has 1 atom stereocenters. The first-order valence-corrected chi connectivity index (χ1v) is 1.51. The first-order chi connectivity index (χ1) is 2.64. The van der Waals surface area contributed by atoms with E-state index in [1.165, 1.54) is 0 Å². The van der Waals surface area contributed by atoms with E-state index >= 15 is 0 Å². The second-order valence-electron chi connectivity index (χ2n) is 0.954. The van der Waals surface area contributed by atoms with Gasteiger partial charge in [0, 0.05) is 0 Å². The van der Waals surface area contributed by atoms with Crippen molar-refractivity contribution in [3.63, 3.8) is 0 Å². The van der Waals surface area contributed by atoms with Gasteiger partial charge in [0.05, 0.1) is 0 Å². The van der Waals surface area contributed by atoms with Crippen LogP contribution in [0.2, 0.25) is 0 Å². The molecule has 0 heterocycles. The van der Waals surface area contributed by atoms with Crippen LogP contribution in [0.4, 0.5) is 4.39 Å². The minimum atomic E-state index is -1.73. The molecule has 0 aliphatic carbocycles. The van der Waals surface area contributed by atoms with Gasteiger partial charge in [-0.2, -0.15) is 0 Å². The van der Waals surface area contributed by atoms with Crippen LogP contribution in [-0.2, 0) is 4.79 Å². The topological polar surface area (TPSA) is 37.3 Å². The summed E-state index contributed by atoms with van der Waals surface area (Å²) in [6.07, 6.45) is -1.73. The molecule has 0 aromatic rings. The number of hydrogen-bond donors (Lipinski definition) is 1. The van der Waals surface area contributed by atoms with Crippen LogP contribution in [0, 0.1) is 0 Å². The first-order valence-electron chi connectivity index (χ1n) is 1.51. The molecule has 0 fully saturated rings. The van der Waals surface area contributed by atoms with Crippen molar-refractivity contribution in [3.8, 4) is 0 Å². The summed E-state index contributed by atoms with van der Waals surface area (Å²) in [5, 5.41) is 7.62. The Morgan fingerprint density at radius 1 is 1.86 bits per heavy atom. The molecular formula is C3H8FInO2. The Morgan fingerprint density at radius 2 is 2.00 bits per heavy atom. The molecule has 0 aliphatic rings. The van der Waals surface area contributed by atoms with Crippen LogP contribution in [0.1, 0.15) is 6.92 Å². The molecule has 2 nitrogen and oxygen atoms in total. The Morgan fingerprint density at radius 3 is 2.00 bits per heavy atom. The van der Waals surface area contributed by atoms with Gasteiger partial charge in [0.2, 0.25) is 0 Å². The van der Waals surface area contributed by atoms with E-state index in [2.05, 4.69) is 0 Å². The second kappa shape index (κ2) is 4.43. The van der Waals surface area contributed by atoms with E-state index < -0.39 is 12.1 Å². The summed E-state index contributed by atoms with van der Waals surface area (Å²) >= 11 is 0. The molecular weight excluding hydrogens is 202 g/mol. The van der Waals surface area contributed by atoms with Crippen molar-refractivity contribution in [1.29, 1.82) is 0 Å². The fourth-order valence-electron chi connectivity index (χ4n) is 0. The van der Waals surface area contributed by atoms with Gasteiger partial charge in [-0.1, -0.05) is 0 Å². The molecule has 0 amide bonds. The van der Waals surface area contributed by atoms with Gasteiger partial charge < -0.3 is 5.11 Å². The van der Waals surface area contributed by atoms with Crippen molar-refractivity contribution in [2.45, 2.75) is 13.1 Å². The van der Waals surface area contributed by atoms with Crippen LogP contribution in [0.5, 0.6) is 0 Å². The minimum absolute atomic E-state index is 0. The monoisotopic (exact) mass is 210 g/mol. The van der Waals surface area contributed by atoms with E-state index in [0.29, 0.717) is 0 Å². The van der Waals surface area contributed by atoms with Gasteiger partial charge in [-0.15, -0.1) is 0 Å². The maximum atomic E-state index is 11.2. The Hall–Kier alpha value is 0.270. The second-order valence-corrected chi connectivity index (χ2v) is 0.954. The Balaban J connectivity index is 0. The zero-order valence-electron chi connectivity index (χ0n) is 3.31. The van der Waals surface area contributed by atoms with Crippen molar-refractivity contribution in [1.82, 2.24) is 0 Å². The molecule has 1 unspecified atom stereocenters. The van der Waals surface area contributed by atoms with Crippen LogP contribution < -0.4 is 0 Å². The number of halogens is 1. The van der Waals surface area contributed by atoms with Crippen molar-refractivity contribution in [3.05, 3.63) is 0 Å². The predicted molar refractivity (Wildman–Crippen MR) is 28.1 cm³/mol. The molecule has 42 valence electrons. The maximum absolute atomic E-state index is 11.2. The van der Waals surface area contributed by atoms with Gasteiger partial charge in [0.25, 0.3) is 0 Å². The van der Waals surface area contributed by atoms with E-state index in [0.717, 1.165) is 6.92 Å². The molecule has 0 saturated carbocycles. The third-order valence-electron chi connectivity index (χ3n) is 0.340. The molecule has 0 aromatic heterocycles. The molecule has 4 heteroatoms. The summed E-state index contributed by atoms with van der Waals surface area (Å²) in [7, 11) is 0. The number of rotatable bonds is 1. The van der Waals surface area contributed by atoms with E-state index in [1.807, 2.05) is 0 Å². The summed E-state index contributed by atoms with van der Waals surface area (Å²) in [4.78, 5) is 9.32. The van der Waals surface area contributed by atoms with Gasteiger partial charge in [-0.3, -0.25) is 0 Å². The van der Waals surface area contributed by atoms with Gasteiger partial charge in [0.1, 0.15) is 0 Å². The van der Waals surface area contributed by atoms with Gasteiger partial charge in [-0.05, 0) is 6.92 Å². The first kappa shape index (κ1) is 10.3. The van der Waals surface area contributed by atoms with Crippen LogP contribution in [-0.4, -0.2) is 43.1 Å². The molecule has 0 saturated heterocycles. The van der Waals surface area contributed by atoms with Crippen molar-refractivity contribution in [2.75, 3.05) is 0 Å². The van der Waals surface area contributed by atoms with Gasteiger partial charge in [-0.25, -0.2) is 9.18 Å². The van der Waals surface area contributed by atoms with Gasteiger partial charge >= 0.3 is 31.8 Å². The summed E-state index contributed by atoms with van der Waals surface area (Å²) in [5.74, 6) is -1.41. The van der Waals surface area contributed by atoms with Crippen molar-refractivity contribution >= 4 is 31.8 Å². The van der Waals surface area contributed by atoms with Crippen molar-refractivity contribution < 1.29 is 14.3 Å². The SMILES string of the molecule is CC(F)C(=O)O.[InH3]. The standard InChI is InChI=1S/C3H5FO2.In.3H/c1-2(4)3(5)6;;;;/h2H,1H3,(H,5,6);;;;. The molecule has 0 radical (unpaired) electrons. The van der Waals surface area contributed by atoms with Crippen LogP contribution in [0.3, 0.4) is 0 Å². The average molecular weight is 210 g/mol. The number of carbonyl (C=O) groups is 1. The molecule has 0 aromatic carbocycles. The number of hydrogen-bond acceptors (Lipinski definition) is 1. The fraction of sp³-hybridized carbons (Fsp3) is 0.667. The Kier molecular flexibility index (Phi) is 6.51. The molecule has 7 heavy (non-hydrogen) atoms. The predicted octanol–water partition coefficient (Wildman–Crippen LogP) is -0.755. The number of aliphatic carboxylic acids is 1. The summed E-state index contributed by atoms with van der Waals surface area (Å²) in [6, 6.07) is 0. The Bertz CT molecular complexity index is 64.0. The number of carboxylic acid groups (broad SMARTS) is 1. The van der Waals surface area contributed by atoms with E-state index in [4.69, 9.17) is 5.11 Å². The fourth-order valence-corrected chi connectivity index (χ4v) is 0. The van der Waals surface area contributed by atoms with Crippen LogP contribution in [0.25, 0.3) is 0 Å². The zero-order chi connectivity index (χ0) is 5.15. The Labute approximate surface area is 59.5 Å². The molecule has 0 rings (SSSR count). The quantitative estimate of drug-likeness (QED) is 0.617. The average Bonchev–Trinajstić information content (AvgIpc) is 1.36. The molecule has 0 aliphatic heterocycles. The molecule has 1 N–H and O–H groups in total. The molecule has 0 spiro atoms. The summed E-state index contributed by atoms with van der Waals surface area (Å²) in [5.41, 5.74) is 0. The summed E-state index contributed by atoms with van der Waals surface area (Å²) < 4.78 is 11.2. The van der Waals surface area contributed by atoms with Gasteiger partial charge in [0.15, 0.2) is 6.17 Å². The zero-order valence-corrected chi connectivity index (χ0v) is 3.31. The molecule has 0 bridgehead atoms.